The number of rotatable bonds is 7. The zero-order valence-corrected chi connectivity index (χ0v) is 14.6. The maximum absolute atomic E-state index is 11.9. The molecule has 0 saturated heterocycles. The van der Waals surface area contributed by atoms with Crippen molar-refractivity contribution in [3.05, 3.63) is 29.8 Å². The molecule has 7 heteroatoms. The summed E-state index contributed by atoms with van der Waals surface area (Å²) in [6.07, 6.45) is 5.31. The number of amides is 4. The minimum atomic E-state index is -0.376. The molecule has 25 heavy (non-hydrogen) atoms. The summed E-state index contributed by atoms with van der Waals surface area (Å²) in [6, 6.07) is 6.29. The second-order valence-electron chi connectivity index (χ2n) is 6.25. The summed E-state index contributed by atoms with van der Waals surface area (Å²) >= 11 is 0. The highest BCUT2D eigenvalue weighted by atomic mass is 16.2. The van der Waals surface area contributed by atoms with E-state index in [1.807, 2.05) is 0 Å². The third-order valence-electron chi connectivity index (χ3n) is 4.29. The molecule has 0 aromatic heterocycles. The normalized spacial score (nSPS) is 14.0. The molecule has 1 aliphatic rings. The third-order valence-corrected chi connectivity index (χ3v) is 4.29. The van der Waals surface area contributed by atoms with E-state index in [1.165, 1.54) is 12.8 Å². The maximum atomic E-state index is 11.9. The van der Waals surface area contributed by atoms with Crippen LogP contribution in [0.3, 0.4) is 0 Å². The molecule has 0 atom stereocenters. The van der Waals surface area contributed by atoms with Crippen molar-refractivity contribution >= 4 is 23.5 Å². The van der Waals surface area contributed by atoms with E-state index in [2.05, 4.69) is 21.3 Å². The van der Waals surface area contributed by atoms with Crippen LogP contribution in [-0.2, 0) is 4.79 Å². The first-order chi connectivity index (χ1) is 12.1. The fraction of sp³-hybridized carbons (Fsp3) is 0.500. The molecule has 1 aromatic rings. The molecule has 2 rings (SSSR count). The van der Waals surface area contributed by atoms with Crippen molar-refractivity contribution in [1.29, 1.82) is 0 Å². The Hall–Kier alpha value is -2.57. The first-order valence-corrected chi connectivity index (χ1v) is 8.72. The number of urea groups is 1. The summed E-state index contributed by atoms with van der Waals surface area (Å²) in [4.78, 5) is 35.2. The van der Waals surface area contributed by atoms with Gasteiger partial charge in [0.2, 0.25) is 5.91 Å². The van der Waals surface area contributed by atoms with Crippen molar-refractivity contribution < 1.29 is 14.4 Å². The molecule has 0 heterocycles. The van der Waals surface area contributed by atoms with Crippen LogP contribution in [0.4, 0.5) is 10.5 Å². The van der Waals surface area contributed by atoms with Gasteiger partial charge in [-0.25, -0.2) is 4.79 Å². The van der Waals surface area contributed by atoms with E-state index in [0.29, 0.717) is 36.7 Å². The second kappa shape index (κ2) is 9.66. The number of hydrogen-bond donors (Lipinski definition) is 4. The van der Waals surface area contributed by atoms with Crippen LogP contribution < -0.4 is 21.3 Å². The van der Waals surface area contributed by atoms with Crippen molar-refractivity contribution in [2.75, 3.05) is 25.5 Å². The van der Waals surface area contributed by atoms with Crippen molar-refractivity contribution in [2.45, 2.75) is 32.1 Å². The lowest BCUT2D eigenvalue weighted by Crippen LogP contribution is -2.37. The van der Waals surface area contributed by atoms with Crippen molar-refractivity contribution in [3.63, 3.8) is 0 Å². The standard InChI is InChI=1S/C18H26N4O3/c1-19-17(24)14-7-4-8-15(12-14)22-18(25)21-10-9-20-16(23)11-13-5-2-3-6-13/h4,7-8,12-13H,2-3,5-6,9-11H2,1H3,(H,19,24)(H,20,23)(H2,21,22,25). The van der Waals surface area contributed by atoms with E-state index in [0.717, 1.165) is 12.8 Å². The van der Waals surface area contributed by atoms with E-state index < -0.39 is 0 Å². The Balaban J connectivity index is 1.65. The Morgan fingerprint density at radius 3 is 2.52 bits per heavy atom. The van der Waals surface area contributed by atoms with Gasteiger partial charge in [-0.3, -0.25) is 9.59 Å². The van der Waals surface area contributed by atoms with Gasteiger partial charge in [0.1, 0.15) is 0 Å². The molecule has 7 nitrogen and oxygen atoms in total. The van der Waals surface area contributed by atoms with Crippen LogP contribution >= 0.6 is 0 Å². The zero-order valence-electron chi connectivity index (χ0n) is 14.6. The highest BCUT2D eigenvalue weighted by Gasteiger charge is 2.17. The monoisotopic (exact) mass is 346 g/mol. The minimum absolute atomic E-state index is 0.0485. The van der Waals surface area contributed by atoms with Gasteiger partial charge in [0.15, 0.2) is 0 Å². The molecule has 0 aliphatic heterocycles. The van der Waals surface area contributed by atoms with E-state index in [1.54, 1.807) is 31.3 Å². The Morgan fingerprint density at radius 2 is 1.80 bits per heavy atom. The van der Waals surface area contributed by atoms with Gasteiger partial charge < -0.3 is 21.3 Å². The molecule has 1 aromatic carbocycles. The first kappa shape index (κ1) is 18.8. The summed E-state index contributed by atoms with van der Waals surface area (Å²) < 4.78 is 0. The lowest BCUT2D eigenvalue weighted by Gasteiger charge is -2.11. The minimum Gasteiger partial charge on any atom is -0.355 e. The molecular formula is C18H26N4O3. The van der Waals surface area contributed by atoms with Gasteiger partial charge in [0.25, 0.3) is 5.91 Å². The molecule has 4 amide bonds. The van der Waals surface area contributed by atoms with Crippen molar-refractivity contribution in [3.8, 4) is 0 Å². The molecular weight excluding hydrogens is 320 g/mol. The first-order valence-electron chi connectivity index (χ1n) is 8.72. The van der Waals surface area contributed by atoms with Crippen LogP contribution in [0.2, 0.25) is 0 Å². The lowest BCUT2D eigenvalue weighted by atomic mass is 10.0. The molecule has 1 saturated carbocycles. The number of carbonyl (C=O) groups is 3. The largest absolute Gasteiger partial charge is 0.355 e. The summed E-state index contributed by atoms with van der Waals surface area (Å²) in [6.45, 7) is 0.745. The highest BCUT2D eigenvalue weighted by Crippen LogP contribution is 2.27. The Bertz CT molecular complexity index is 612. The molecule has 0 bridgehead atoms. The average Bonchev–Trinajstić information content (AvgIpc) is 3.11. The van der Waals surface area contributed by atoms with Crippen molar-refractivity contribution in [1.82, 2.24) is 16.0 Å². The zero-order chi connectivity index (χ0) is 18.1. The van der Waals surface area contributed by atoms with Crippen LogP contribution in [0.5, 0.6) is 0 Å². The topological polar surface area (TPSA) is 99.3 Å². The molecule has 1 aliphatic carbocycles. The number of anilines is 1. The number of nitrogens with one attached hydrogen (secondary N) is 4. The Kier molecular flexibility index (Phi) is 7.25. The highest BCUT2D eigenvalue weighted by molar-refractivity contribution is 5.96. The number of carbonyl (C=O) groups excluding carboxylic acids is 3. The Labute approximate surface area is 147 Å². The van der Waals surface area contributed by atoms with Gasteiger partial charge in [-0.05, 0) is 37.0 Å². The van der Waals surface area contributed by atoms with Gasteiger partial charge >= 0.3 is 6.03 Å². The van der Waals surface area contributed by atoms with E-state index in [9.17, 15) is 14.4 Å². The molecule has 4 N–H and O–H groups in total. The van der Waals surface area contributed by atoms with E-state index >= 15 is 0 Å². The van der Waals surface area contributed by atoms with Crippen LogP contribution in [0.15, 0.2) is 24.3 Å². The van der Waals surface area contributed by atoms with Gasteiger partial charge in [0, 0.05) is 37.8 Å². The fourth-order valence-electron chi connectivity index (χ4n) is 2.98. The molecule has 0 spiro atoms. The predicted molar refractivity (Wildman–Crippen MR) is 96.4 cm³/mol. The van der Waals surface area contributed by atoms with E-state index in [-0.39, 0.29) is 17.8 Å². The predicted octanol–water partition coefficient (Wildman–Crippen LogP) is 1.86. The summed E-state index contributed by atoms with van der Waals surface area (Å²) in [5.41, 5.74) is 1.00. The third kappa shape index (κ3) is 6.45. The number of benzene rings is 1. The van der Waals surface area contributed by atoms with Gasteiger partial charge in [-0.1, -0.05) is 18.9 Å². The quantitative estimate of drug-likeness (QED) is 0.567. The number of hydrogen-bond acceptors (Lipinski definition) is 3. The Morgan fingerprint density at radius 1 is 1.08 bits per heavy atom. The summed E-state index contributed by atoms with van der Waals surface area (Å²) in [7, 11) is 1.55. The molecule has 0 radical (unpaired) electrons. The van der Waals surface area contributed by atoms with Crippen LogP contribution in [0, 0.1) is 5.92 Å². The lowest BCUT2D eigenvalue weighted by molar-refractivity contribution is -0.121. The average molecular weight is 346 g/mol. The van der Waals surface area contributed by atoms with Gasteiger partial charge in [-0.15, -0.1) is 0 Å². The second-order valence-corrected chi connectivity index (χ2v) is 6.25. The summed E-state index contributed by atoms with van der Waals surface area (Å²) in [5.74, 6) is 0.352. The van der Waals surface area contributed by atoms with Crippen LogP contribution in [0.25, 0.3) is 0 Å². The SMILES string of the molecule is CNC(=O)c1cccc(NC(=O)NCCNC(=O)CC2CCCC2)c1. The molecule has 136 valence electrons. The summed E-state index contributed by atoms with van der Waals surface area (Å²) in [5, 5.41) is 10.7. The van der Waals surface area contributed by atoms with Crippen LogP contribution in [0.1, 0.15) is 42.5 Å². The smallest absolute Gasteiger partial charge is 0.319 e. The van der Waals surface area contributed by atoms with E-state index in [4.69, 9.17) is 0 Å². The van der Waals surface area contributed by atoms with Gasteiger partial charge in [0.05, 0.1) is 0 Å². The van der Waals surface area contributed by atoms with Crippen LogP contribution in [-0.4, -0.2) is 38.0 Å². The maximum Gasteiger partial charge on any atom is 0.319 e. The fourth-order valence-corrected chi connectivity index (χ4v) is 2.98. The van der Waals surface area contributed by atoms with Crippen molar-refractivity contribution in [2.24, 2.45) is 5.92 Å². The van der Waals surface area contributed by atoms with Gasteiger partial charge in [-0.2, -0.15) is 0 Å². The molecule has 0 unspecified atom stereocenters. The molecule has 1 fully saturated rings.